The van der Waals surface area contributed by atoms with Crippen molar-refractivity contribution >= 4 is 17.7 Å². The summed E-state index contributed by atoms with van der Waals surface area (Å²) in [6.45, 7) is -0.569. The van der Waals surface area contributed by atoms with Crippen LogP contribution in [-0.2, 0) is 25.8 Å². The van der Waals surface area contributed by atoms with Crippen molar-refractivity contribution in [3.63, 3.8) is 0 Å². The monoisotopic (exact) mass is 365 g/mol. The van der Waals surface area contributed by atoms with Crippen molar-refractivity contribution in [1.29, 1.82) is 0 Å². The molecule has 0 bridgehead atoms. The van der Waals surface area contributed by atoms with Gasteiger partial charge in [0.2, 0.25) is 0 Å². The molecule has 26 heavy (non-hydrogen) atoms. The molecule has 0 spiro atoms. The summed E-state index contributed by atoms with van der Waals surface area (Å²) in [5, 5.41) is 10.8. The smallest absolute Gasteiger partial charge is 0.289 e. The second-order valence-corrected chi connectivity index (χ2v) is 6.02. The molecule has 8 nitrogen and oxygen atoms in total. The molecular formula is C17H20FN3O5. The lowest BCUT2D eigenvalue weighted by Gasteiger charge is -2.23. The maximum Gasteiger partial charge on any atom is 0.289 e. The van der Waals surface area contributed by atoms with E-state index in [4.69, 9.17) is 4.84 Å². The normalized spacial score (nSPS) is 14.0. The van der Waals surface area contributed by atoms with Gasteiger partial charge >= 0.3 is 0 Å². The van der Waals surface area contributed by atoms with Gasteiger partial charge in [0.25, 0.3) is 17.7 Å². The summed E-state index contributed by atoms with van der Waals surface area (Å²) in [7, 11) is 4.52. The molecule has 9 heteroatoms. The Hall–Kier alpha value is -2.94. The SMILES string of the molecule is CN(C)C(=O)CON(Cc1ccc(F)cc1)C(=O)C1=C(O)C(=O)N(C)C1. The molecule has 0 saturated heterocycles. The van der Waals surface area contributed by atoms with E-state index in [9.17, 15) is 23.9 Å². The number of nitrogens with zero attached hydrogens (tertiary/aromatic N) is 3. The van der Waals surface area contributed by atoms with Crippen LogP contribution in [0.25, 0.3) is 0 Å². The van der Waals surface area contributed by atoms with Crippen LogP contribution in [0, 0.1) is 5.82 Å². The van der Waals surface area contributed by atoms with E-state index in [-0.39, 0.29) is 24.6 Å². The molecule has 0 saturated carbocycles. The zero-order valence-corrected chi connectivity index (χ0v) is 14.7. The number of aliphatic hydroxyl groups is 1. The molecule has 1 N–H and O–H groups in total. The summed E-state index contributed by atoms with van der Waals surface area (Å²) in [5.41, 5.74) is 0.423. The lowest BCUT2D eigenvalue weighted by molar-refractivity contribution is -0.190. The van der Waals surface area contributed by atoms with Crippen molar-refractivity contribution in [2.75, 3.05) is 34.3 Å². The number of rotatable bonds is 6. The lowest BCUT2D eigenvalue weighted by Crippen LogP contribution is -2.37. The van der Waals surface area contributed by atoms with Gasteiger partial charge in [-0.15, -0.1) is 0 Å². The Balaban J connectivity index is 2.21. The van der Waals surface area contributed by atoms with Crippen molar-refractivity contribution in [1.82, 2.24) is 14.9 Å². The second kappa shape index (κ2) is 7.96. The fourth-order valence-electron chi connectivity index (χ4n) is 2.21. The molecule has 3 amide bonds. The first-order chi connectivity index (χ1) is 12.2. The number of hydroxylamine groups is 2. The standard InChI is InChI=1S/C17H20FN3O5/c1-19(2)14(22)10-26-21(8-11-4-6-12(18)7-5-11)16(24)13-9-20(3)17(25)15(13)23/h4-7,23H,8-10H2,1-3H3. The highest BCUT2D eigenvalue weighted by atomic mass is 19.1. The van der Waals surface area contributed by atoms with Crippen LogP contribution < -0.4 is 0 Å². The fraction of sp³-hybridized carbons (Fsp3) is 0.353. The predicted molar refractivity (Wildman–Crippen MR) is 88.9 cm³/mol. The third-order valence-corrected chi connectivity index (χ3v) is 3.80. The number of benzene rings is 1. The molecule has 1 heterocycles. The van der Waals surface area contributed by atoms with Crippen LogP contribution >= 0.6 is 0 Å². The topological polar surface area (TPSA) is 90.4 Å². The van der Waals surface area contributed by atoms with Gasteiger partial charge < -0.3 is 14.9 Å². The van der Waals surface area contributed by atoms with Crippen LogP contribution in [-0.4, -0.2) is 72.0 Å². The third-order valence-electron chi connectivity index (χ3n) is 3.80. The Kier molecular flexibility index (Phi) is 5.93. The van der Waals surface area contributed by atoms with Gasteiger partial charge in [-0.2, -0.15) is 0 Å². The molecule has 1 aliphatic rings. The van der Waals surface area contributed by atoms with Crippen molar-refractivity contribution in [2.45, 2.75) is 6.54 Å². The van der Waals surface area contributed by atoms with E-state index >= 15 is 0 Å². The zero-order valence-electron chi connectivity index (χ0n) is 14.7. The van der Waals surface area contributed by atoms with Gasteiger partial charge in [-0.1, -0.05) is 12.1 Å². The lowest BCUT2D eigenvalue weighted by atomic mass is 10.2. The van der Waals surface area contributed by atoms with Gasteiger partial charge in [-0.3, -0.25) is 19.2 Å². The molecule has 1 aromatic rings. The molecule has 0 unspecified atom stereocenters. The average Bonchev–Trinajstić information content (AvgIpc) is 2.86. The largest absolute Gasteiger partial charge is 0.503 e. The minimum absolute atomic E-state index is 0.0750. The van der Waals surface area contributed by atoms with E-state index in [2.05, 4.69) is 0 Å². The Bertz CT molecular complexity index is 745. The molecule has 1 aliphatic heterocycles. The van der Waals surface area contributed by atoms with Crippen LogP contribution in [0.3, 0.4) is 0 Å². The molecule has 1 aromatic carbocycles. The van der Waals surface area contributed by atoms with E-state index < -0.39 is 30.0 Å². The van der Waals surface area contributed by atoms with Crippen molar-refractivity contribution in [3.8, 4) is 0 Å². The van der Waals surface area contributed by atoms with Crippen molar-refractivity contribution < 1.29 is 28.7 Å². The summed E-state index contributed by atoms with van der Waals surface area (Å²) in [5.74, 6) is -2.86. The second-order valence-electron chi connectivity index (χ2n) is 6.02. The first-order valence-electron chi connectivity index (χ1n) is 7.77. The van der Waals surface area contributed by atoms with Crippen LogP contribution in [0.4, 0.5) is 4.39 Å². The zero-order chi connectivity index (χ0) is 19.4. The summed E-state index contributed by atoms with van der Waals surface area (Å²) < 4.78 is 13.1. The summed E-state index contributed by atoms with van der Waals surface area (Å²) in [4.78, 5) is 43.9. The van der Waals surface area contributed by atoms with Gasteiger partial charge in [0.15, 0.2) is 12.4 Å². The summed E-state index contributed by atoms with van der Waals surface area (Å²) >= 11 is 0. The first kappa shape index (κ1) is 19.4. The number of hydrogen-bond acceptors (Lipinski definition) is 5. The number of carbonyl (C=O) groups excluding carboxylic acids is 3. The maximum absolute atomic E-state index is 13.1. The molecule has 2 rings (SSSR count). The Morgan fingerprint density at radius 1 is 1.27 bits per heavy atom. The minimum Gasteiger partial charge on any atom is -0.503 e. The molecule has 140 valence electrons. The van der Waals surface area contributed by atoms with Gasteiger partial charge in [0.1, 0.15) is 5.82 Å². The number of halogens is 1. The van der Waals surface area contributed by atoms with Gasteiger partial charge in [-0.05, 0) is 17.7 Å². The van der Waals surface area contributed by atoms with Crippen LogP contribution in [0.15, 0.2) is 35.6 Å². The molecule has 0 radical (unpaired) electrons. The van der Waals surface area contributed by atoms with Crippen molar-refractivity contribution in [3.05, 3.63) is 47.0 Å². The molecule has 0 aliphatic carbocycles. The summed E-state index contributed by atoms with van der Waals surface area (Å²) in [6, 6.07) is 5.39. The highest BCUT2D eigenvalue weighted by Gasteiger charge is 2.34. The Morgan fingerprint density at radius 3 is 2.38 bits per heavy atom. The highest BCUT2D eigenvalue weighted by molar-refractivity contribution is 6.06. The third kappa shape index (κ3) is 4.37. The number of carbonyl (C=O) groups is 3. The van der Waals surface area contributed by atoms with E-state index in [1.165, 1.54) is 55.2 Å². The molecule has 0 aromatic heterocycles. The van der Waals surface area contributed by atoms with Gasteiger partial charge in [0, 0.05) is 21.1 Å². The predicted octanol–water partition coefficient (Wildman–Crippen LogP) is 0.458. The fourth-order valence-corrected chi connectivity index (χ4v) is 2.21. The molecule has 0 atom stereocenters. The van der Waals surface area contributed by atoms with E-state index in [0.717, 1.165) is 5.06 Å². The quantitative estimate of drug-likeness (QED) is 0.740. The minimum atomic E-state index is -0.740. The first-order valence-corrected chi connectivity index (χ1v) is 7.77. The highest BCUT2D eigenvalue weighted by Crippen LogP contribution is 2.19. The van der Waals surface area contributed by atoms with Crippen LogP contribution in [0.5, 0.6) is 0 Å². The number of likely N-dealkylation sites (N-methyl/N-ethyl adjacent to an activating group) is 2. The van der Waals surface area contributed by atoms with Gasteiger partial charge in [-0.25, -0.2) is 9.45 Å². The maximum atomic E-state index is 13.1. The number of amides is 3. The van der Waals surface area contributed by atoms with Crippen LogP contribution in [0.1, 0.15) is 5.56 Å². The van der Waals surface area contributed by atoms with E-state index in [0.29, 0.717) is 5.56 Å². The summed E-state index contributed by atoms with van der Waals surface area (Å²) in [6.07, 6.45) is 0. The molecule has 0 fully saturated rings. The average molecular weight is 365 g/mol. The molecular weight excluding hydrogens is 345 g/mol. The number of hydrogen-bond donors (Lipinski definition) is 1. The Labute approximate surface area is 150 Å². The van der Waals surface area contributed by atoms with E-state index in [1.54, 1.807) is 0 Å². The van der Waals surface area contributed by atoms with Crippen molar-refractivity contribution in [2.24, 2.45) is 0 Å². The Morgan fingerprint density at radius 2 is 1.88 bits per heavy atom. The number of aliphatic hydroxyl groups excluding tert-OH is 1. The van der Waals surface area contributed by atoms with Crippen LogP contribution in [0.2, 0.25) is 0 Å². The van der Waals surface area contributed by atoms with Gasteiger partial charge in [0.05, 0.1) is 18.7 Å². The van der Waals surface area contributed by atoms with E-state index in [1.807, 2.05) is 0 Å².